The van der Waals surface area contributed by atoms with Crippen molar-refractivity contribution in [2.45, 2.75) is 33.7 Å². The van der Waals surface area contributed by atoms with Crippen LogP contribution in [0, 0.1) is 5.41 Å². The van der Waals surface area contributed by atoms with Gasteiger partial charge in [-0.1, -0.05) is 50.1 Å². The smallest absolute Gasteiger partial charge is 0.0471 e. The largest absolute Gasteiger partial charge is 0.398 e. The fourth-order valence-corrected chi connectivity index (χ4v) is 2.74. The summed E-state index contributed by atoms with van der Waals surface area (Å²) in [6, 6.07) is 5.73. The highest BCUT2D eigenvalue weighted by molar-refractivity contribution is 6.31. The van der Waals surface area contributed by atoms with E-state index in [1.54, 1.807) is 5.57 Å². The van der Waals surface area contributed by atoms with E-state index in [2.05, 4.69) is 31.7 Å². The van der Waals surface area contributed by atoms with Crippen LogP contribution in [-0.4, -0.2) is 18.0 Å². The van der Waals surface area contributed by atoms with Crippen LogP contribution in [0.2, 0.25) is 5.02 Å². The number of nitrogen functional groups attached to an aromatic ring is 1. The second-order valence-corrected chi connectivity index (χ2v) is 6.68. The SMILES string of the molecule is CC(C)(C)C1=CCN(Cc2c(N)cccc2Cl)CC1. The molecule has 1 heterocycles. The summed E-state index contributed by atoms with van der Waals surface area (Å²) in [4.78, 5) is 2.40. The molecule has 0 aliphatic carbocycles. The molecule has 2 rings (SSSR count). The summed E-state index contributed by atoms with van der Waals surface area (Å²) >= 11 is 6.23. The molecule has 1 aliphatic rings. The first-order valence-corrected chi connectivity index (χ1v) is 7.20. The molecule has 2 N–H and O–H groups in total. The van der Waals surface area contributed by atoms with Gasteiger partial charge in [-0.15, -0.1) is 0 Å². The zero-order valence-electron chi connectivity index (χ0n) is 12.0. The summed E-state index contributed by atoms with van der Waals surface area (Å²) in [6.45, 7) is 9.73. The van der Waals surface area contributed by atoms with E-state index >= 15 is 0 Å². The van der Waals surface area contributed by atoms with Gasteiger partial charge in [0.05, 0.1) is 0 Å². The molecule has 0 amide bonds. The van der Waals surface area contributed by atoms with Crippen LogP contribution < -0.4 is 5.73 Å². The lowest BCUT2D eigenvalue weighted by atomic mass is 9.83. The van der Waals surface area contributed by atoms with E-state index in [4.69, 9.17) is 17.3 Å². The van der Waals surface area contributed by atoms with Crippen LogP contribution in [0.25, 0.3) is 0 Å². The predicted octanol–water partition coefficient (Wildman–Crippen LogP) is 4.10. The number of hydrogen-bond acceptors (Lipinski definition) is 2. The highest BCUT2D eigenvalue weighted by Gasteiger charge is 2.21. The van der Waals surface area contributed by atoms with Gasteiger partial charge in [-0.05, 0) is 24.0 Å². The van der Waals surface area contributed by atoms with E-state index in [9.17, 15) is 0 Å². The standard InChI is InChI=1S/C16H23ClN2/c1-16(2,3)12-7-9-19(10-8-12)11-13-14(17)5-4-6-15(13)18/h4-7H,8-11,18H2,1-3H3. The van der Waals surface area contributed by atoms with Gasteiger partial charge in [0.25, 0.3) is 0 Å². The Bertz CT molecular complexity index is 466. The number of hydrogen-bond donors (Lipinski definition) is 1. The molecule has 0 spiro atoms. The monoisotopic (exact) mass is 278 g/mol. The van der Waals surface area contributed by atoms with Crippen LogP contribution >= 0.6 is 11.6 Å². The van der Waals surface area contributed by atoms with Crippen molar-refractivity contribution in [3.05, 3.63) is 40.4 Å². The minimum atomic E-state index is 0.287. The summed E-state index contributed by atoms with van der Waals surface area (Å²) in [7, 11) is 0. The zero-order chi connectivity index (χ0) is 14.0. The maximum atomic E-state index is 6.23. The lowest BCUT2D eigenvalue weighted by molar-refractivity contribution is 0.272. The topological polar surface area (TPSA) is 29.3 Å². The third kappa shape index (κ3) is 3.52. The van der Waals surface area contributed by atoms with E-state index < -0.39 is 0 Å². The van der Waals surface area contributed by atoms with E-state index in [0.717, 1.165) is 42.3 Å². The Hall–Kier alpha value is -0.990. The summed E-state index contributed by atoms with van der Waals surface area (Å²) in [5.41, 5.74) is 9.69. The molecule has 0 saturated carbocycles. The average Bonchev–Trinajstić information content (AvgIpc) is 2.33. The number of rotatable bonds is 2. The third-order valence-electron chi connectivity index (χ3n) is 3.79. The van der Waals surface area contributed by atoms with Gasteiger partial charge in [0, 0.05) is 35.9 Å². The van der Waals surface area contributed by atoms with Crippen LogP contribution in [0.15, 0.2) is 29.8 Å². The van der Waals surface area contributed by atoms with Gasteiger partial charge in [0.2, 0.25) is 0 Å². The van der Waals surface area contributed by atoms with Gasteiger partial charge in [-0.2, -0.15) is 0 Å². The summed E-state index contributed by atoms with van der Waals surface area (Å²) in [5.74, 6) is 0. The Labute approximate surface area is 121 Å². The average molecular weight is 279 g/mol. The predicted molar refractivity (Wildman–Crippen MR) is 83.3 cm³/mol. The molecule has 2 nitrogen and oxygen atoms in total. The number of anilines is 1. The maximum absolute atomic E-state index is 6.23. The molecule has 1 aromatic rings. The van der Waals surface area contributed by atoms with Crippen molar-refractivity contribution in [2.24, 2.45) is 5.41 Å². The Balaban J connectivity index is 2.06. The fraction of sp³-hybridized carbons (Fsp3) is 0.500. The van der Waals surface area contributed by atoms with Crippen molar-refractivity contribution in [3.8, 4) is 0 Å². The second-order valence-electron chi connectivity index (χ2n) is 6.27. The van der Waals surface area contributed by atoms with Crippen molar-refractivity contribution in [1.82, 2.24) is 4.90 Å². The minimum absolute atomic E-state index is 0.287. The lowest BCUT2D eigenvalue weighted by Crippen LogP contribution is -2.31. The fourth-order valence-electron chi connectivity index (χ4n) is 2.50. The van der Waals surface area contributed by atoms with Crippen LogP contribution in [0.1, 0.15) is 32.8 Å². The molecule has 0 fully saturated rings. The quantitative estimate of drug-likeness (QED) is 0.652. The highest BCUT2D eigenvalue weighted by atomic mass is 35.5. The molecule has 3 heteroatoms. The van der Waals surface area contributed by atoms with Crippen molar-refractivity contribution in [1.29, 1.82) is 0 Å². The second kappa shape index (κ2) is 5.56. The van der Waals surface area contributed by atoms with Gasteiger partial charge in [-0.25, -0.2) is 0 Å². The van der Waals surface area contributed by atoms with Gasteiger partial charge in [0.15, 0.2) is 0 Å². The molecule has 0 atom stereocenters. The molecule has 104 valence electrons. The van der Waals surface area contributed by atoms with Gasteiger partial charge in [-0.3, -0.25) is 4.90 Å². The number of halogens is 1. The molecule has 19 heavy (non-hydrogen) atoms. The Kier molecular flexibility index (Phi) is 4.22. The summed E-state index contributed by atoms with van der Waals surface area (Å²) in [5, 5.41) is 0.769. The first-order chi connectivity index (χ1) is 8.88. The normalized spacial score (nSPS) is 17.4. The Morgan fingerprint density at radius 3 is 2.58 bits per heavy atom. The molecule has 0 radical (unpaired) electrons. The van der Waals surface area contributed by atoms with Crippen molar-refractivity contribution < 1.29 is 0 Å². The van der Waals surface area contributed by atoms with Gasteiger partial charge >= 0.3 is 0 Å². The van der Waals surface area contributed by atoms with Gasteiger partial charge < -0.3 is 5.73 Å². The molecule has 0 unspecified atom stereocenters. The molecule has 0 bridgehead atoms. The van der Waals surface area contributed by atoms with Crippen molar-refractivity contribution >= 4 is 17.3 Å². The van der Waals surface area contributed by atoms with E-state index in [-0.39, 0.29) is 5.41 Å². The maximum Gasteiger partial charge on any atom is 0.0471 e. The van der Waals surface area contributed by atoms with E-state index in [0.29, 0.717) is 0 Å². The number of nitrogens with two attached hydrogens (primary N) is 1. The zero-order valence-corrected chi connectivity index (χ0v) is 12.8. The van der Waals surface area contributed by atoms with Crippen LogP contribution in [0.3, 0.4) is 0 Å². The summed E-state index contributed by atoms with van der Waals surface area (Å²) in [6.07, 6.45) is 3.49. The first kappa shape index (κ1) is 14.4. The van der Waals surface area contributed by atoms with Crippen molar-refractivity contribution in [3.63, 3.8) is 0 Å². The van der Waals surface area contributed by atoms with E-state index in [1.165, 1.54) is 0 Å². The molecule has 1 aliphatic heterocycles. The van der Waals surface area contributed by atoms with E-state index in [1.807, 2.05) is 18.2 Å². The van der Waals surface area contributed by atoms with Crippen LogP contribution in [0.5, 0.6) is 0 Å². The minimum Gasteiger partial charge on any atom is -0.398 e. The van der Waals surface area contributed by atoms with Gasteiger partial charge in [0.1, 0.15) is 0 Å². The molecule has 1 aromatic carbocycles. The molecular formula is C16H23ClN2. The Morgan fingerprint density at radius 2 is 2.05 bits per heavy atom. The van der Waals surface area contributed by atoms with Crippen molar-refractivity contribution in [2.75, 3.05) is 18.8 Å². The molecule has 0 saturated heterocycles. The third-order valence-corrected chi connectivity index (χ3v) is 4.15. The molecule has 0 aromatic heterocycles. The molecular weight excluding hydrogens is 256 g/mol. The number of nitrogens with zero attached hydrogens (tertiary/aromatic N) is 1. The van der Waals surface area contributed by atoms with Crippen LogP contribution in [-0.2, 0) is 6.54 Å². The highest BCUT2D eigenvalue weighted by Crippen LogP contribution is 2.31. The lowest BCUT2D eigenvalue weighted by Gasteiger charge is -2.32. The first-order valence-electron chi connectivity index (χ1n) is 6.82. The Morgan fingerprint density at radius 1 is 1.32 bits per heavy atom. The number of benzene rings is 1. The van der Waals surface area contributed by atoms with Crippen LogP contribution in [0.4, 0.5) is 5.69 Å². The summed E-state index contributed by atoms with van der Waals surface area (Å²) < 4.78 is 0.